The second kappa shape index (κ2) is 4.85. The fourth-order valence-corrected chi connectivity index (χ4v) is 1.36. The molecule has 0 saturated carbocycles. The van der Waals surface area contributed by atoms with E-state index in [1.807, 2.05) is 0 Å². The third-order valence-corrected chi connectivity index (χ3v) is 2.22. The van der Waals surface area contributed by atoms with Crippen molar-refractivity contribution >= 4 is 27.7 Å². The number of esters is 1. The van der Waals surface area contributed by atoms with E-state index in [9.17, 15) is 9.59 Å². The molecule has 0 N–H and O–H groups in total. The number of halogens is 1. The lowest BCUT2D eigenvalue weighted by Gasteiger charge is -2.00. The maximum atomic E-state index is 11.5. The number of hydrogen-bond donors (Lipinski definition) is 0. The summed E-state index contributed by atoms with van der Waals surface area (Å²) in [5.41, 5.74) is 0.387. The van der Waals surface area contributed by atoms with Gasteiger partial charge in [-0.3, -0.25) is 9.59 Å². The van der Waals surface area contributed by atoms with Crippen molar-refractivity contribution in [1.82, 2.24) is 4.98 Å². The molecule has 14 heavy (non-hydrogen) atoms. The van der Waals surface area contributed by atoms with Gasteiger partial charge in [0.1, 0.15) is 11.0 Å². The number of ketones is 1. The summed E-state index contributed by atoms with van der Waals surface area (Å²) < 4.78 is 4.83. The molecule has 74 valence electrons. The van der Waals surface area contributed by atoms with Gasteiger partial charge in [-0.15, -0.1) is 0 Å². The molecule has 0 aliphatic carbocycles. The standard InChI is InChI=1S/C9H8BrNO3/c1-14-8(13)5-7(12)6-3-2-4-11-9(6)10/h2-4H,5H2,1H3. The van der Waals surface area contributed by atoms with E-state index in [-0.39, 0.29) is 12.2 Å². The molecule has 0 spiro atoms. The predicted molar refractivity (Wildman–Crippen MR) is 52.9 cm³/mol. The van der Waals surface area contributed by atoms with Crippen LogP contribution in [0.15, 0.2) is 22.9 Å². The van der Waals surface area contributed by atoms with E-state index >= 15 is 0 Å². The Bertz CT molecular complexity index is 365. The first kappa shape index (κ1) is 10.8. The second-order valence-electron chi connectivity index (χ2n) is 2.52. The van der Waals surface area contributed by atoms with Gasteiger partial charge in [0.15, 0.2) is 5.78 Å². The van der Waals surface area contributed by atoms with Crippen molar-refractivity contribution in [3.8, 4) is 0 Å². The molecule has 0 unspecified atom stereocenters. The molecule has 5 heteroatoms. The van der Waals surface area contributed by atoms with Crippen LogP contribution in [0.4, 0.5) is 0 Å². The van der Waals surface area contributed by atoms with Gasteiger partial charge in [-0.2, -0.15) is 0 Å². The number of carbonyl (C=O) groups is 2. The van der Waals surface area contributed by atoms with Crippen molar-refractivity contribution in [2.75, 3.05) is 7.11 Å². The summed E-state index contributed by atoms with van der Waals surface area (Å²) in [5.74, 6) is -0.859. The number of ether oxygens (including phenoxy) is 1. The first-order valence-electron chi connectivity index (χ1n) is 3.85. The fraction of sp³-hybridized carbons (Fsp3) is 0.222. The first-order chi connectivity index (χ1) is 6.65. The van der Waals surface area contributed by atoms with Crippen LogP contribution in [-0.4, -0.2) is 23.8 Å². The van der Waals surface area contributed by atoms with Crippen molar-refractivity contribution in [3.63, 3.8) is 0 Å². The van der Waals surface area contributed by atoms with Crippen LogP contribution in [0.1, 0.15) is 16.8 Å². The van der Waals surface area contributed by atoms with Crippen molar-refractivity contribution in [1.29, 1.82) is 0 Å². The minimum absolute atomic E-state index is 0.263. The molecule has 0 aromatic carbocycles. The lowest BCUT2D eigenvalue weighted by atomic mass is 10.1. The van der Waals surface area contributed by atoms with E-state index in [0.29, 0.717) is 10.2 Å². The third kappa shape index (κ3) is 2.63. The average molecular weight is 258 g/mol. The molecule has 0 saturated heterocycles. The number of pyridine rings is 1. The molecule has 0 radical (unpaired) electrons. The average Bonchev–Trinajstić information content (AvgIpc) is 2.18. The molecule has 0 aliphatic rings. The van der Waals surface area contributed by atoms with Crippen LogP contribution in [0.2, 0.25) is 0 Å². The van der Waals surface area contributed by atoms with Gasteiger partial charge in [0.05, 0.1) is 12.7 Å². The van der Waals surface area contributed by atoms with Crippen LogP contribution in [0.3, 0.4) is 0 Å². The summed E-state index contributed by atoms with van der Waals surface area (Å²) in [6.07, 6.45) is 1.29. The number of Topliss-reactive ketones (excluding diaryl/α,β-unsaturated/α-hetero) is 1. The van der Waals surface area contributed by atoms with Gasteiger partial charge in [0, 0.05) is 6.20 Å². The Labute approximate surface area is 89.4 Å². The highest BCUT2D eigenvalue weighted by Gasteiger charge is 2.14. The highest BCUT2D eigenvalue weighted by Crippen LogP contribution is 2.14. The molecule has 0 fully saturated rings. The molecule has 1 heterocycles. The molecular weight excluding hydrogens is 250 g/mol. The topological polar surface area (TPSA) is 56.3 Å². The van der Waals surface area contributed by atoms with E-state index in [2.05, 4.69) is 25.7 Å². The lowest BCUT2D eigenvalue weighted by Crippen LogP contribution is -2.10. The zero-order chi connectivity index (χ0) is 10.6. The summed E-state index contributed by atoms with van der Waals surface area (Å²) in [6, 6.07) is 3.23. The normalized spacial score (nSPS) is 9.57. The molecule has 0 bridgehead atoms. The molecule has 0 amide bonds. The summed E-state index contributed by atoms with van der Waals surface area (Å²) in [4.78, 5) is 26.2. The van der Waals surface area contributed by atoms with Gasteiger partial charge < -0.3 is 4.74 Å². The monoisotopic (exact) mass is 257 g/mol. The van der Waals surface area contributed by atoms with E-state index in [4.69, 9.17) is 0 Å². The highest BCUT2D eigenvalue weighted by molar-refractivity contribution is 9.10. The van der Waals surface area contributed by atoms with Crippen LogP contribution >= 0.6 is 15.9 Å². The van der Waals surface area contributed by atoms with Gasteiger partial charge in [-0.05, 0) is 28.1 Å². The Morgan fingerprint density at radius 3 is 2.86 bits per heavy atom. The van der Waals surface area contributed by atoms with Crippen LogP contribution in [-0.2, 0) is 9.53 Å². The van der Waals surface area contributed by atoms with E-state index in [0.717, 1.165) is 0 Å². The molecule has 1 aromatic heterocycles. The third-order valence-electron chi connectivity index (χ3n) is 1.59. The molecule has 0 aliphatic heterocycles. The maximum absolute atomic E-state index is 11.5. The Morgan fingerprint density at radius 2 is 2.29 bits per heavy atom. The van der Waals surface area contributed by atoms with Crippen LogP contribution in [0.25, 0.3) is 0 Å². The highest BCUT2D eigenvalue weighted by atomic mass is 79.9. The van der Waals surface area contributed by atoms with E-state index in [1.54, 1.807) is 18.3 Å². The molecule has 1 rings (SSSR count). The minimum atomic E-state index is -0.550. The zero-order valence-corrected chi connectivity index (χ0v) is 9.08. The molecular formula is C9H8BrNO3. The van der Waals surface area contributed by atoms with Crippen LogP contribution in [0.5, 0.6) is 0 Å². The zero-order valence-electron chi connectivity index (χ0n) is 7.49. The van der Waals surface area contributed by atoms with Crippen molar-refractivity contribution in [2.24, 2.45) is 0 Å². The quantitative estimate of drug-likeness (QED) is 0.357. The lowest BCUT2D eigenvalue weighted by molar-refractivity contribution is -0.139. The van der Waals surface area contributed by atoms with Crippen molar-refractivity contribution in [3.05, 3.63) is 28.5 Å². The Morgan fingerprint density at radius 1 is 1.57 bits per heavy atom. The summed E-state index contributed by atoms with van der Waals surface area (Å²) >= 11 is 3.12. The number of aromatic nitrogens is 1. The first-order valence-corrected chi connectivity index (χ1v) is 4.65. The smallest absolute Gasteiger partial charge is 0.313 e. The fourth-order valence-electron chi connectivity index (χ4n) is 0.893. The Kier molecular flexibility index (Phi) is 3.76. The summed E-state index contributed by atoms with van der Waals surface area (Å²) in [6.45, 7) is 0. The van der Waals surface area contributed by atoms with Gasteiger partial charge in [0.2, 0.25) is 0 Å². The summed E-state index contributed by atoms with van der Waals surface area (Å²) in [5, 5.41) is 0. The number of nitrogens with zero attached hydrogens (tertiary/aromatic N) is 1. The van der Waals surface area contributed by atoms with Gasteiger partial charge >= 0.3 is 5.97 Å². The largest absolute Gasteiger partial charge is 0.469 e. The number of rotatable bonds is 3. The maximum Gasteiger partial charge on any atom is 0.313 e. The van der Waals surface area contributed by atoms with E-state index < -0.39 is 5.97 Å². The minimum Gasteiger partial charge on any atom is -0.469 e. The van der Waals surface area contributed by atoms with E-state index in [1.165, 1.54) is 7.11 Å². The number of carbonyl (C=O) groups excluding carboxylic acids is 2. The number of methoxy groups -OCH3 is 1. The molecule has 1 aromatic rings. The predicted octanol–water partition coefficient (Wildman–Crippen LogP) is 1.59. The molecule has 4 nitrogen and oxygen atoms in total. The summed E-state index contributed by atoms with van der Waals surface area (Å²) in [7, 11) is 1.24. The van der Waals surface area contributed by atoms with Gasteiger partial charge in [-0.25, -0.2) is 4.98 Å². The second-order valence-corrected chi connectivity index (χ2v) is 3.27. The Balaban J connectivity index is 2.80. The van der Waals surface area contributed by atoms with Gasteiger partial charge in [0.25, 0.3) is 0 Å². The van der Waals surface area contributed by atoms with Crippen molar-refractivity contribution in [2.45, 2.75) is 6.42 Å². The van der Waals surface area contributed by atoms with Crippen LogP contribution in [0, 0.1) is 0 Å². The SMILES string of the molecule is COC(=O)CC(=O)c1cccnc1Br. The van der Waals surface area contributed by atoms with Crippen molar-refractivity contribution < 1.29 is 14.3 Å². The number of hydrogen-bond acceptors (Lipinski definition) is 4. The Hall–Kier alpha value is -1.23. The van der Waals surface area contributed by atoms with Crippen LogP contribution < -0.4 is 0 Å². The van der Waals surface area contributed by atoms with Gasteiger partial charge in [-0.1, -0.05) is 0 Å². The molecule has 0 atom stereocenters.